The molecule has 0 aromatic heterocycles. The number of carbonyl (C=O) groups excluding carboxylic acids is 1. The van der Waals surface area contributed by atoms with Crippen molar-refractivity contribution in [3.63, 3.8) is 0 Å². The van der Waals surface area contributed by atoms with E-state index in [2.05, 4.69) is 5.32 Å². The molecule has 30 heavy (non-hydrogen) atoms. The Balaban J connectivity index is 1.68. The first-order chi connectivity index (χ1) is 14.2. The predicted molar refractivity (Wildman–Crippen MR) is 116 cm³/mol. The zero-order chi connectivity index (χ0) is 21.9. The number of nitro benzene ring substituents is 1. The number of nitro groups is 1. The highest BCUT2D eigenvalue weighted by atomic mass is 35.5. The van der Waals surface area contributed by atoms with Gasteiger partial charge in [0, 0.05) is 41.7 Å². The third-order valence-electron chi connectivity index (χ3n) is 4.91. The summed E-state index contributed by atoms with van der Waals surface area (Å²) in [5, 5.41) is 13.8. The SMILES string of the molecule is CSc1cccc(NC(=O)C2CCN(S(=O)(=O)c3cc([N+](=O)[O-])ccc3Cl)CC2)c1. The molecule has 0 saturated carbocycles. The van der Waals surface area contributed by atoms with Crippen molar-refractivity contribution in [2.45, 2.75) is 22.6 Å². The Morgan fingerprint density at radius 2 is 1.93 bits per heavy atom. The molecule has 1 aliphatic heterocycles. The van der Waals surface area contributed by atoms with Crippen LogP contribution < -0.4 is 5.32 Å². The number of carbonyl (C=O) groups is 1. The second kappa shape index (κ2) is 9.34. The van der Waals surface area contributed by atoms with E-state index in [0.29, 0.717) is 18.5 Å². The first-order valence-corrected chi connectivity index (χ1v) is 12.2. The zero-order valence-corrected chi connectivity index (χ0v) is 18.5. The van der Waals surface area contributed by atoms with Crippen LogP contribution in [0.4, 0.5) is 11.4 Å². The van der Waals surface area contributed by atoms with Gasteiger partial charge in [-0.1, -0.05) is 17.7 Å². The number of amides is 1. The van der Waals surface area contributed by atoms with E-state index >= 15 is 0 Å². The van der Waals surface area contributed by atoms with Crippen LogP contribution in [0.5, 0.6) is 0 Å². The number of halogens is 1. The lowest BCUT2D eigenvalue weighted by Gasteiger charge is -2.30. The van der Waals surface area contributed by atoms with Crippen molar-refractivity contribution in [2.75, 3.05) is 24.7 Å². The van der Waals surface area contributed by atoms with Crippen LogP contribution in [0, 0.1) is 16.0 Å². The van der Waals surface area contributed by atoms with Crippen LogP contribution in [0.2, 0.25) is 5.02 Å². The lowest BCUT2D eigenvalue weighted by molar-refractivity contribution is -0.385. The zero-order valence-electron chi connectivity index (χ0n) is 16.1. The Bertz CT molecular complexity index is 1070. The van der Waals surface area contributed by atoms with E-state index < -0.39 is 14.9 Å². The van der Waals surface area contributed by atoms with E-state index in [4.69, 9.17) is 11.6 Å². The molecule has 1 saturated heterocycles. The van der Waals surface area contributed by atoms with Crippen LogP contribution in [0.15, 0.2) is 52.3 Å². The maximum absolute atomic E-state index is 12.9. The Hall–Kier alpha value is -2.14. The van der Waals surface area contributed by atoms with Gasteiger partial charge in [-0.25, -0.2) is 8.42 Å². The minimum atomic E-state index is -4.00. The smallest absolute Gasteiger partial charge is 0.270 e. The van der Waals surface area contributed by atoms with E-state index in [-0.39, 0.29) is 40.5 Å². The normalized spacial score (nSPS) is 15.7. The van der Waals surface area contributed by atoms with E-state index in [1.807, 2.05) is 30.5 Å². The monoisotopic (exact) mass is 469 g/mol. The molecule has 160 valence electrons. The topological polar surface area (TPSA) is 110 Å². The Morgan fingerprint density at radius 3 is 2.57 bits per heavy atom. The fourth-order valence-corrected chi connectivity index (χ4v) is 5.67. The number of piperidine rings is 1. The average Bonchev–Trinajstić information content (AvgIpc) is 2.74. The van der Waals surface area contributed by atoms with Gasteiger partial charge < -0.3 is 5.32 Å². The summed E-state index contributed by atoms with van der Waals surface area (Å²) in [5.41, 5.74) is 0.352. The summed E-state index contributed by atoms with van der Waals surface area (Å²) in [6.07, 6.45) is 2.64. The highest BCUT2D eigenvalue weighted by Crippen LogP contribution is 2.31. The Kier molecular flexibility index (Phi) is 7.02. The molecule has 0 spiro atoms. The van der Waals surface area contributed by atoms with Crippen molar-refractivity contribution < 1.29 is 18.1 Å². The molecule has 8 nitrogen and oxygen atoms in total. The molecule has 0 atom stereocenters. The van der Waals surface area contributed by atoms with Crippen LogP contribution in [0.1, 0.15) is 12.8 Å². The molecular formula is C19H20ClN3O5S2. The number of thioether (sulfide) groups is 1. The van der Waals surface area contributed by atoms with Crippen LogP contribution in [0.25, 0.3) is 0 Å². The van der Waals surface area contributed by atoms with Crippen molar-refractivity contribution in [1.82, 2.24) is 4.31 Å². The van der Waals surface area contributed by atoms with Crippen molar-refractivity contribution in [1.29, 1.82) is 0 Å². The number of anilines is 1. The second-order valence-electron chi connectivity index (χ2n) is 6.77. The van der Waals surface area contributed by atoms with Crippen molar-refractivity contribution in [2.24, 2.45) is 5.92 Å². The van der Waals surface area contributed by atoms with Gasteiger partial charge >= 0.3 is 0 Å². The molecule has 11 heteroatoms. The van der Waals surface area contributed by atoms with Crippen molar-refractivity contribution in [3.05, 3.63) is 57.6 Å². The summed E-state index contributed by atoms with van der Waals surface area (Å²) in [6.45, 7) is 0.259. The molecule has 0 aliphatic carbocycles. The highest BCUT2D eigenvalue weighted by Gasteiger charge is 2.34. The van der Waals surface area contributed by atoms with E-state index in [0.717, 1.165) is 17.0 Å². The standard InChI is InChI=1S/C19H20ClN3O5S2/c1-29-16-4-2-3-14(11-16)21-19(24)13-7-9-22(10-8-13)30(27,28)18-12-15(23(25)26)5-6-17(18)20/h2-6,11-13H,7-10H2,1H3,(H,21,24). The summed E-state index contributed by atoms with van der Waals surface area (Å²) in [5.74, 6) is -0.478. The first-order valence-electron chi connectivity index (χ1n) is 9.11. The maximum Gasteiger partial charge on any atom is 0.270 e. The van der Waals surface area contributed by atoms with Crippen molar-refractivity contribution >= 4 is 50.7 Å². The number of non-ortho nitro benzene ring substituents is 1. The summed E-state index contributed by atoms with van der Waals surface area (Å²) in [6, 6.07) is 10.8. The lowest BCUT2D eigenvalue weighted by atomic mass is 9.97. The average molecular weight is 470 g/mol. The van der Waals surface area contributed by atoms with Crippen molar-refractivity contribution in [3.8, 4) is 0 Å². The van der Waals surface area contributed by atoms with Gasteiger partial charge in [0.05, 0.1) is 9.95 Å². The summed E-state index contributed by atoms with van der Waals surface area (Å²) >= 11 is 7.58. The van der Waals surface area contributed by atoms with Gasteiger partial charge in [0.1, 0.15) is 4.90 Å². The number of nitrogens with zero attached hydrogens (tertiary/aromatic N) is 2. The molecule has 3 rings (SSSR count). The van der Waals surface area contributed by atoms with Crippen LogP contribution in [0.3, 0.4) is 0 Å². The fourth-order valence-electron chi connectivity index (χ4n) is 3.25. The number of hydrogen-bond acceptors (Lipinski definition) is 6. The third-order valence-corrected chi connectivity index (χ3v) is 8.01. The third kappa shape index (κ3) is 4.94. The highest BCUT2D eigenvalue weighted by molar-refractivity contribution is 7.98. The number of sulfonamides is 1. The number of hydrogen-bond donors (Lipinski definition) is 1. The van der Waals surface area contributed by atoms with Gasteiger partial charge in [-0.05, 0) is 43.4 Å². The number of nitrogens with one attached hydrogen (secondary N) is 1. The second-order valence-corrected chi connectivity index (χ2v) is 9.96. The van der Waals surface area contributed by atoms with Gasteiger partial charge in [0.15, 0.2) is 0 Å². The first kappa shape index (κ1) is 22.5. The molecule has 2 aromatic rings. The summed E-state index contributed by atoms with van der Waals surface area (Å²) in [4.78, 5) is 23.6. The lowest BCUT2D eigenvalue weighted by Crippen LogP contribution is -2.41. The van der Waals surface area contributed by atoms with Crippen LogP contribution >= 0.6 is 23.4 Å². The van der Waals surface area contributed by atoms with Gasteiger partial charge in [0.25, 0.3) is 5.69 Å². The molecule has 1 heterocycles. The molecule has 2 aromatic carbocycles. The quantitative estimate of drug-likeness (QED) is 0.389. The van der Waals surface area contributed by atoms with Gasteiger partial charge in [-0.3, -0.25) is 14.9 Å². The summed E-state index contributed by atoms with van der Waals surface area (Å²) in [7, 11) is -4.00. The molecular weight excluding hydrogens is 450 g/mol. The minimum Gasteiger partial charge on any atom is -0.326 e. The number of rotatable bonds is 6. The van der Waals surface area contributed by atoms with Crippen LogP contribution in [-0.2, 0) is 14.8 Å². The largest absolute Gasteiger partial charge is 0.326 e. The van der Waals surface area contributed by atoms with E-state index in [1.165, 1.54) is 10.4 Å². The number of benzene rings is 2. The fraction of sp³-hybridized carbons (Fsp3) is 0.316. The molecule has 1 fully saturated rings. The Morgan fingerprint density at radius 1 is 1.23 bits per heavy atom. The van der Waals surface area contributed by atoms with Gasteiger partial charge in [0.2, 0.25) is 15.9 Å². The maximum atomic E-state index is 12.9. The molecule has 0 radical (unpaired) electrons. The molecule has 1 amide bonds. The molecule has 0 unspecified atom stereocenters. The molecule has 0 bridgehead atoms. The Labute approximate surface area is 183 Å². The van der Waals surface area contributed by atoms with Gasteiger partial charge in [-0.15, -0.1) is 11.8 Å². The van der Waals surface area contributed by atoms with Gasteiger partial charge in [-0.2, -0.15) is 4.31 Å². The van der Waals surface area contributed by atoms with Crippen LogP contribution in [-0.4, -0.2) is 42.9 Å². The molecule has 1 N–H and O–H groups in total. The molecule has 1 aliphatic rings. The predicted octanol–water partition coefficient (Wildman–Crippen LogP) is 4.01. The van der Waals surface area contributed by atoms with E-state index in [1.54, 1.807) is 11.8 Å². The van der Waals surface area contributed by atoms with E-state index in [9.17, 15) is 23.3 Å². The minimum absolute atomic E-state index is 0.0749. The summed E-state index contributed by atoms with van der Waals surface area (Å²) < 4.78 is 27.1.